The van der Waals surface area contributed by atoms with Gasteiger partial charge in [-0.05, 0) is 36.8 Å². The molecule has 12 heavy (non-hydrogen) atoms. The molecule has 0 radical (unpaired) electrons. The normalized spacial score (nSPS) is 13.3. The summed E-state index contributed by atoms with van der Waals surface area (Å²) in [7, 11) is 1.95. The molecule has 1 aromatic rings. The van der Waals surface area contributed by atoms with Crippen LogP contribution in [0.3, 0.4) is 0 Å². The van der Waals surface area contributed by atoms with Crippen molar-refractivity contribution in [2.75, 3.05) is 13.6 Å². The maximum Gasteiger partial charge on any atom is 0.107 e. The average Bonchev–Trinajstić information content (AvgIpc) is 2.34. The minimum absolute atomic E-state index is 0.387. The van der Waals surface area contributed by atoms with Crippen molar-refractivity contribution in [1.29, 1.82) is 0 Å². The fraction of sp³-hybridized carbons (Fsp3) is 0.625. The van der Waals surface area contributed by atoms with Gasteiger partial charge in [-0.25, -0.2) is 0 Å². The van der Waals surface area contributed by atoms with E-state index in [1.165, 1.54) is 5.56 Å². The van der Waals surface area contributed by atoms with Crippen LogP contribution in [0.1, 0.15) is 18.5 Å². The highest BCUT2D eigenvalue weighted by atomic mass is 79.9. The van der Waals surface area contributed by atoms with Gasteiger partial charge in [0.15, 0.2) is 0 Å². The lowest BCUT2D eigenvalue weighted by molar-refractivity contribution is 0.463. The van der Waals surface area contributed by atoms with Gasteiger partial charge in [0.1, 0.15) is 4.60 Å². The van der Waals surface area contributed by atoms with E-state index >= 15 is 0 Å². The number of halogens is 1. The molecule has 1 atom stereocenters. The van der Waals surface area contributed by atoms with Crippen LogP contribution < -0.4 is 5.32 Å². The topological polar surface area (TPSA) is 29.9 Å². The van der Waals surface area contributed by atoms with Crippen molar-refractivity contribution >= 4 is 15.9 Å². The predicted molar refractivity (Wildman–Crippen MR) is 53.3 cm³/mol. The van der Waals surface area contributed by atoms with Crippen molar-refractivity contribution in [1.82, 2.24) is 15.1 Å². The molecule has 0 amide bonds. The molecule has 1 aromatic heterocycles. The minimum atomic E-state index is 0.387. The Kier molecular flexibility index (Phi) is 3.29. The third kappa shape index (κ3) is 1.87. The van der Waals surface area contributed by atoms with Gasteiger partial charge < -0.3 is 5.32 Å². The Bertz CT molecular complexity index is 257. The highest BCUT2D eigenvalue weighted by molar-refractivity contribution is 9.10. The van der Waals surface area contributed by atoms with Crippen LogP contribution in [0.25, 0.3) is 0 Å². The Balaban J connectivity index is 2.80. The van der Waals surface area contributed by atoms with Gasteiger partial charge in [-0.3, -0.25) is 4.68 Å². The van der Waals surface area contributed by atoms with E-state index in [0.29, 0.717) is 6.04 Å². The summed E-state index contributed by atoms with van der Waals surface area (Å²) < 4.78 is 3.05. The van der Waals surface area contributed by atoms with Crippen molar-refractivity contribution in [3.63, 3.8) is 0 Å². The maximum absolute atomic E-state index is 4.26. The molecule has 4 heteroatoms. The third-order valence-electron chi connectivity index (χ3n) is 1.82. The van der Waals surface area contributed by atoms with Gasteiger partial charge in [-0.2, -0.15) is 5.10 Å². The first kappa shape index (κ1) is 9.74. The van der Waals surface area contributed by atoms with Gasteiger partial charge in [0.25, 0.3) is 0 Å². The molecule has 0 saturated carbocycles. The zero-order chi connectivity index (χ0) is 9.14. The SMILES string of the molecule is CNCC(C)n1ncc(C)c1Br. The molecule has 1 heterocycles. The Morgan fingerprint density at radius 1 is 1.75 bits per heavy atom. The largest absolute Gasteiger partial charge is 0.318 e. The van der Waals surface area contributed by atoms with Gasteiger partial charge in [0, 0.05) is 12.1 Å². The molecule has 3 nitrogen and oxygen atoms in total. The quantitative estimate of drug-likeness (QED) is 0.860. The van der Waals surface area contributed by atoms with Crippen LogP contribution >= 0.6 is 15.9 Å². The van der Waals surface area contributed by atoms with Gasteiger partial charge in [-0.15, -0.1) is 0 Å². The molecule has 0 saturated heterocycles. The van der Waals surface area contributed by atoms with Crippen LogP contribution in [0.4, 0.5) is 0 Å². The molecule has 1 unspecified atom stereocenters. The zero-order valence-electron chi connectivity index (χ0n) is 7.63. The molecular weight excluding hydrogens is 218 g/mol. The Hall–Kier alpha value is -0.350. The molecule has 0 aliphatic rings. The van der Waals surface area contributed by atoms with Crippen LogP contribution in [0.2, 0.25) is 0 Å². The molecule has 0 fully saturated rings. The predicted octanol–water partition coefficient (Wildman–Crippen LogP) is 1.73. The van der Waals surface area contributed by atoms with Crippen molar-refractivity contribution < 1.29 is 0 Å². The van der Waals surface area contributed by atoms with E-state index < -0.39 is 0 Å². The minimum Gasteiger partial charge on any atom is -0.318 e. The van der Waals surface area contributed by atoms with E-state index in [2.05, 4.69) is 33.3 Å². The molecule has 1 N–H and O–H groups in total. The molecule has 68 valence electrons. The standard InChI is InChI=1S/C8H14BrN3/c1-6-4-11-12(8(6)9)7(2)5-10-3/h4,7,10H,5H2,1-3H3. The van der Waals surface area contributed by atoms with Crippen LogP contribution in [-0.2, 0) is 0 Å². The zero-order valence-corrected chi connectivity index (χ0v) is 9.22. The third-order valence-corrected chi connectivity index (χ3v) is 2.81. The average molecular weight is 232 g/mol. The van der Waals surface area contributed by atoms with Crippen molar-refractivity contribution in [3.8, 4) is 0 Å². The number of hydrogen-bond donors (Lipinski definition) is 1. The molecule has 0 aliphatic heterocycles. The van der Waals surface area contributed by atoms with E-state index in [4.69, 9.17) is 0 Å². The monoisotopic (exact) mass is 231 g/mol. The van der Waals surface area contributed by atoms with Crippen LogP contribution in [-0.4, -0.2) is 23.4 Å². The summed E-state index contributed by atoms with van der Waals surface area (Å²) in [6, 6.07) is 0.387. The summed E-state index contributed by atoms with van der Waals surface area (Å²) in [6.07, 6.45) is 1.87. The van der Waals surface area contributed by atoms with Crippen LogP contribution in [0, 0.1) is 6.92 Å². The highest BCUT2D eigenvalue weighted by Gasteiger charge is 2.09. The van der Waals surface area contributed by atoms with Gasteiger partial charge >= 0.3 is 0 Å². The molecule has 0 aromatic carbocycles. The highest BCUT2D eigenvalue weighted by Crippen LogP contribution is 2.18. The number of likely N-dealkylation sites (N-methyl/N-ethyl adjacent to an activating group) is 1. The van der Waals surface area contributed by atoms with E-state index in [1.54, 1.807) is 0 Å². The lowest BCUT2D eigenvalue weighted by atomic mass is 10.3. The molecule has 0 aliphatic carbocycles. The first-order valence-electron chi connectivity index (χ1n) is 4.01. The number of rotatable bonds is 3. The Morgan fingerprint density at radius 2 is 2.42 bits per heavy atom. The lowest BCUT2D eigenvalue weighted by Gasteiger charge is -2.12. The van der Waals surface area contributed by atoms with Crippen LogP contribution in [0.15, 0.2) is 10.8 Å². The first-order chi connectivity index (χ1) is 5.66. The summed E-state index contributed by atoms with van der Waals surface area (Å²) in [6.45, 7) is 5.10. The van der Waals surface area contributed by atoms with Gasteiger partial charge in [-0.1, -0.05) is 0 Å². The molecule has 0 bridgehead atoms. The Morgan fingerprint density at radius 3 is 2.83 bits per heavy atom. The summed E-state index contributed by atoms with van der Waals surface area (Å²) in [5.41, 5.74) is 1.18. The van der Waals surface area contributed by atoms with E-state index in [0.717, 1.165) is 11.1 Å². The summed E-state index contributed by atoms with van der Waals surface area (Å²) in [4.78, 5) is 0. The van der Waals surface area contributed by atoms with Crippen LogP contribution in [0.5, 0.6) is 0 Å². The van der Waals surface area contributed by atoms with Crippen molar-refractivity contribution in [2.24, 2.45) is 0 Å². The summed E-state index contributed by atoms with van der Waals surface area (Å²) >= 11 is 3.49. The lowest BCUT2D eigenvalue weighted by Crippen LogP contribution is -2.20. The molecule has 1 rings (SSSR count). The fourth-order valence-corrected chi connectivity index (χ4v) is 1.67. The molecule has 0 spiro atoms. The first-order valence-corrected chi connectivity index (χ1v) is 4.80. The summed E-state index contributed by atoms with van der Waals surface area (Å²) in [5.74, 6) is 0. The number of nitrogens with one attached hydrogen (secondary N) is 1. The van der Waals surface area contributed by atoms with Gasteiger partial charge in [0.05, 0.1) is 12.2 Å². The number of aryl methyl sites for hydroxylation is 1. The van der Waals surface area contributed by atoms with Crippen molar-refractivity contribution in [3.05, 3.63) is 16.4 Å². The summed E-state index contributed by atoms with van der Waals surface area (Å²) in [5, 5.41) is 7.38. The second-order valence-electron chi connectivity index (χ2n) is 2.97. The van der Waals surface area contributed by atoms with E-state index in [9.17, 15) is 0 Å². The second-order valence-corrected chi connectivity index (χ2v) is 3.72. The van der Waals surface area contributed by atoms with Crippen molar-refractivity contribution in [2.45, 2.75) is 19.9 Å². The second kappa shape index (κ2) is 4.05. The number of aromatic nitrogens is 2. The number of nitrogens with zero attached hydrogens (tertiary/aromatic N) is 2. The fourth-order valence-electron chi connectivity index (χ4n) is 1.12. The van der Waals surface area contributed by atoms with Gasteiger partial charge in [0.2, 0.25) is 0 Å². The maximum atomic E-state index is 4.26. The van der Waals surface area contributed by atoms with E-state index in [-0.39, 0.29) is 0 Å². The smallest absolute Gasteiger partial charge is 0.107 e. The van der Waals surface area contributed by atoms with E-state index in [1.807, 2.05) is 24.9 Å². The Labute approximate surface area is 81.3 Å². The number of hydrogen-bond acceptors (Lipinski definition) is 2. The molecular formula is C8H14BrN3.